The number of piperidine rings is 1. The molecule has 1 amide bonds. The summed E-state index contributed by atoms with van der Waals surface area (Å²) in [5.74, 6) is -0.479. The molecule has 4 aromatic carbocycles. The molecule has 9 nitrogen and oxygen atoms in total. The lowest BCUT2D eigenvalue weighted by Gasteiger charge is -2.60. The number of carbonyl (C=O) groups excluding carboxylic acids is 1. The van der Waals surface area contributed by atoms with E-state index in [1.54, 1.807) is 24.3 Å². The van der Waals surface area contributed by atoms with Crippen molar-refractivity contribution >= 4 is 12.1 Å². The van der Waals surface area contributed by atoms with Crippen LogP contribution in [0.1, 0.15) is 38.9 Å². The number of rotatable bonds is 8. The molecule has 0 radical (unpaired) electrons. The van der Waals surface area contributed by atoms with Crippen molar-refractivity contribution < 1.29 is 34.1 Å². The highest BCUT2D eigenvalue weighted by molar-refractivity contribution is 6.02. The number of ether oxygens (including phenoxy) is 3. The van der Waals surface area contributed by atoms with Gasteiger partial charge >= 0.3 is 0 Å². The number of aliphatic hydroxyl groups is 2. The van der Waals surface area contributed by atoms with Crippen LogP contribution in [0.2, 0.25) is 0 Å². The molecule has 0 aromatic heterocycles. The zero-order valence-electron chi connectivity index (χ0n) is 23.8. The summed E-state index contributed by atoms with van der Waals surface area (Å²) in [4.78, 5) is 20.9. The van der Waals surface area contributed by atoms with E-state index in [0.29, 0.717) is 0 Å². The number of hydrogen-bond acceptors (Lipinski definition) is 8. The van der Waals surface area contributed by atoms with Gasteiger partial charge in [-0.05, 0) is 17.2 Å². The lowest BCUT2D eigenvalue weighted by Crippen LogP contribution is -2.80. The fourth-order valence-corrected chi connectivity index (χ4v) is 6.40. The maximum Gasteiger partial charge on any atom is 0.257 e. The minimum Gasteiger partial charge on any atom is -0.391 e. The summed E-state index contributed by atoms with van der Waals surface area (Å²) in [5.41, 5.74) is -1.25. The Hall–Kier alpha value is -4.38. The average Bonchev–Trinajstić information content (AvgIpc) is 3.31. The summed E-state index contributed by atoms with van der Waals surface area (Å²) in [6, 6.07) is 34.2. The number of hydrogen-bond donors (Lipinski definition) is 2. The first-order chi connectivity index (χ1) is 21.5. The predicted octanol–water partition coefficient (Wildman–Crippen LogP) is 4.30. The Labute approximate surface area is 254 Å². The topological polar surface area (TPSA) is 110 Å². The highest BCUT2D eigenvalue weighted by Gasteiger charge is 2.73. The van der Waals surface area contributed by atoms with Crippen molar-refractivity contribution in [2.75, 3.05) is 6.61 Å². The number of carbonyl (C=O) groups is 1. The quantitative estimate of drug-likeness (QED) is 0.232. The van der Waals surface area contributed by atoms with Crippen LogP contribution in [0.5, 0.6) is 0 Å². The zero-order chi connectivity index (χ0) is 30.1. The van der Waals surface area contributed by atoms with Crippen LogP contribution in [-0.2, 0) is 38.0 Å². The Bertz CT molecular complexity index is 1640. The second-order valence-corrected chi connectivity index (χ2v) is 11.2. The molecule has 3 aliphatic rings. The molecule has 9 heteroatoms. The molecule has 0 unspecified atom stereocenters. The first-order valence-corrected chi connectivity index (χ1v) is 14.6. The number of amides is 1. The zero-order valence-corrected chi connectivity index (χ0v) is 23.8. The Morgan fingerprint density at radius 3 is 2.16 bits per heavy atom. The molecule has 2 N–H and O–H groups in total. The molecule has 224 valence electrons. The van der Waals surface area contributed by atoms with Crippen molar-refractivity contribution in [3.63, 3.8) is 0 Å². The van der Waals surface area contributed by atoms with Crippen molar-refractivity contribution in [2.45, 2.75) is 49.1 Å². The van der Waals surface area contributed by atoms with E-state index in [9.17, 15) is 15.0 Å². The van der Waals surface area contributed by atoms with E-state index in [0.717, 1.165) is 16.7 Å². The maximum atomic E-state index is 14.0. The molecule has 7 rings (SSSR count). The van der Waals surface area contributed by atoms with Gasteiger partial charge in [0.1, 0.15) is 24.9 Å². The van der Waals surface area contributed by atoms with E-state index < -0.39 is 41.8 Å². The van der Waals surface area contributed by atoms with Crippen LogP contribution >= 0.6 is 0 Å². The molecule has 2 fully saturated rings. The normalized spacial score (nSPS) is 29.2. The number of nitrogens with zero attached hydrogens (tertiary/aromatic N) is 2. The molecule has 44 heavy (non-hydrogen) atoms. The summed E-state index contributed by atoms with van der Waals surface area (Å²) < 4.78 is 19.1. The lowest BCUT2D eigenvalue weighted by molar-refractivity contribution is -0.394. The average molecular weight is 593 g/mol. The molecule has 3 aliphatic heterocycles. The third kappa shape index (κ3) is 4.70. The molecule has 0 aliphatic carbocycles. The lowest BCUT2D eigenvalue weighted by atomic mass is 9.72. The van der Waals surface area contributed by atoms with E-state index in [1.807, 2.05) is 91.0 Å². The van der Waals surface area contributed by atoms with Gasteiger partial charge in [-0.3, -0.25) is 9.69 Å². The van der Waals surface area contributed by atoms with Gasteiger partial charge in [-0.1, -0.05) is 114 Å². The summed E-state index contributed by atoms with van der Waals surface area (Å²) in [6.45, 7) is 0.0260. The Kier molecular flexibility index (Phi) is 7.49. The van der Waals surface area contributed by atoms with Crippen LogP contribution in [0.3, 0.4) is 0 Å². The molecule has 0 spiro atoms. The van der Waals surface area contributed by atoms with Gasteiger partial charge in [0.15, 0.2) is 11.9 Å². The Morgan fingerprint density at radius 2 is 1.45 bits per heavy atom. The first-order valence-electron chi connectivity index (χ1n) is 14.6. The highest BCUT2D eigenvalue weighted by Crippen LogP contribution is 2.55. The van der Waals surface area contributed by atoms with Crippen LogP contribution in [0, 0.1) is 0 Å². The second-order valence-electron chi connectivity index (χ2n) is 11.2. The smallest absolute Gasteiger partial charge is 0.257 e. The monoisotopic (exact) mass is 592 g/mol. The van der Waals surface area contributed by atoms with Crippen molar-refractivity contribution in [3.8, 4) is 0 Å². The van der Waals surface area contributed by atoms with Crippen LogP contribution < -0.4 is 0 Å². The highest BCUT2D eigenvalue weighted by atomic mass is 16.7. The van der Waals surface area contributed by atoms with Crippen molar-refractivity contribution in [3.05, 3.63) is 143 Å². The maximum absolute atomic E-state index is 14.0. The molecule has 0 saturated carbocycles. The Balaban J connectivity index is 1.31. The summed E-state index contributed by atoms with van der Waals surface area (Å²) >= 11 is 0. The fraction of sp³-hybridized carbons (Fsp3) is 0.257. The summed E-state index contributed by atoms with van der Waals surface area (Å²) in [6.07, 6.45) is -1.52. The number of oxime groups is 1. The fourth-order valence-electron chi connectivity index (χ4n) is 6.40. The molecule has 4 aromatic rings. The van der Waals surface area contributed by atoms with E-state index in [2.05, 4.69) is 5.16 Å². The minimum atomic E-state index is -2.21. The van der Waals surface area contributed by atoms with Gasteiger partial charge in [-0.15, -0.1) is 0 Å². The van der Waals surface area contributed by atoms with E-state index in [4.69, 9.17) is 19.0 Å². The van der Waals surface area contributed by atoms with Gasteiger partial charge < -0.3 is 29.3 Å². The molecule has 3 heterocycles. The van der Waals surface area contributed by atoms with Gasteiger partial charge in [0.05, 0.1) is 19.4 Å². The Morgan fingerprint density at radius 1 is 0.841 bits per heavy atom. The van der Waals surface area contributed by atoms with E-state index in [1.165, 1.54) is 11.1 Å². The second kappa shape index (κ2) is 11.6. The molecular formula is C35H32N2O7. The minimum absolute atomic E-state index is 0.154. The third-order valence-electron chi connectivity index (χ3n) is 8.55. The predicted molar refractivity (Wildman–Crippen MR) is 160 cm³/mol. The SMILES string of the molecule is O=C1c2ccccc2[C@]2(O)N1[C@@H](/C=N\OCc1ccccc1)[C@@H](OCc1ccccc1)[C@@H]1O[C@H](c3ccccc3)OC[C@]12O. The largest absolute Gasteiger partial charge is 0.391 e. The summed E-state index contributed by atoms with van der Waals surface area (Å²) in [7, 11) is 0. The van der Waals surface area contributed by atoms with E-state index in [-0.39, 0.29) is 30.9 Å². The van der Waals surface area contributed by atoms with Gasteiger partial charge in [0.25, 0.3) is 5.91 Å². The van der Waals surface area contributed by atoms with Crippen molar-refractivity contribution in [2.24, 2.45) is 5.16 Å². The molecule has 6 atom stereocenters. The molecule has 2 saturated heterocycles. The number of benzene rings is 4. The van der Waals surface area contributed by atoms with E-state index >= 15 is 0 Å². The summed E-state index contributed by atoms with van der Waals surface area (Å²) in [5, 5.41) is 29.3. The van der Waals surface area contributed by atoms with Crippen LogP contribution in [0.25, 0.3) is 0 Å². The van der Waals surface area contributed by atoms with Crippen LogP contribution in [0.4, 0.5) is 0 Å². The van der Waals surface area contributed by atoms with Gasteiger partial charge in [-0.2, -0.15) is 0 Å². The third-order valence-corrected chi connectivity index (χ3v) is 8.55. The van der Waals surface area contributed by atoms with Gasteiger partial charge in [-0.25, -0.2) is 0 Å². The van der Waals surface area contributed by atoms with Crippen LogP contribution in [-0.4, -0.2) is 57.7 Å². The molecular weight excluding hydrogens is 560 g/mol. The standard InChI is InChI=1S/C35H32N2O7/c38-32-27-18-10-11-19-28(27)35(40)34(39)23-42-33(26-16-8-3-9-17-26)44-31(34)30(41-21-24-12-4-1-5-13-24)29(37(32)35)20-36-43-22-25-14-6-2-7-15-25/h1-20,29-31,33,39-40H,21-23H2/b36-20-/t29-,30+,31-,33+,34-,35+/m0/s1. The van der Waals surface area contributed by atoms with Gasteiger partial charge in [0.2, 0.25) is 5.72 Å². The number of fused-ring (bicyclic) bond motifs is 5. The van der Waals surface area contributed by atoms with Crippen molar-refractivity contribution in [1.82, 2.24) is 4.90 Å². The van der Waals surface area contributed by atoms with Crippen molar-refractivity contribution in [1.29, 1.82) is 0 Å². The molecule has 0 bridgehead atoms. The van der Waals surface area contributed by atoms with Gasteiger partial charge in [0, 0.05) is 16.7 Å². The van der Waals surface area contributed by atoms with Crippen LogP contribution in [0.15, 0.2) is 120 Å². The first kappa shape index (κ1) is 28.4.